The molecule has 0 unspecified atom stereocenters. The Morgan fingerprint density at radius 1 is 0.632 bits per heavy atom. The van der Waals surface area contributed by atoms with Crippen molar-refractivity contribution in [3.63, 3.8) is 0 Å². The molecule has 0 radical (unpaired) electrons. The Bertz CT molecular complexity index is 1630. The number of benzene rings is 3. The molecule has 0 saturated carbocycles. The van der Waals surface area contributed by atoms with E-state index >= 15 is 0 Å². The van der Waals surface area contributed by atoms with Crippen LogP contribution in [0, 0.1) is 0 Å². The molecule has 7 heteroatoms. The van der Waals surface area contributed by atoms with E-state index in [-0.39, 0.29) is 11.3 Å². The summed E-state index contributed by atoms with van der Waals surface area (Å²) in [4.78, 5) is 27.0. The first-order valence-electron chi connectivity index (χ1n) is 13.3. The largest absolute Gasteiger partial charge is 0.307 e. The molecular formula is C31H32N2O4S. The molecule has 0 saturated heterocycles. The molecule has 1 aliphatic rings. The van der Waals surface area contributed by atoms with Crippen molar-refractivity contribution in [2.75, 3.05) is 6.54 Å². The molecule has 4 aromatic rings. The van der Waals surface area contributed by atoms with Crippen LogP contribution in [0.4, 0.5) is 0 Å². The first kappa shape index (κ1) is 26.1. The molecule has 0 amide bonds. The quantitative estimate of drug-likeness (QED) is 0.204. The normalized spacial score (nSPS) is 12.6. The lowest BCUT2D eigenvalue weighted by Crippen LogP contribution is -2.24. The molecule has 6 nitrogen and oxygen atoms in total. The summed E-state index contributed by atoms with van der Waals surface area (Å²) in [7, 11) is -3.43. The highest BCUT2D eigenvalue weighted by Crippen LogP contribution is 2.39. The zero-order chi connectivity index (χ0) is 26.5. The maximum absolute atomic E-state index is 13.4. The van der Waals surface area contributed by atoms with E-state index in [9.17, 15) is 18.0 Å². The summed E-state index contributed by atoms with van der Waals surface area (Å²) in [5.41, 5.74) is 2.87. The monoisotopic (exact) mass is 528 g/mol. The fourth-order valence-corrected chi connectivity index (χ4v) is 6.41. The van der Waals surface area contributed by atoms with Crippen LogP contribution >= 0.6 is 0 Å². The highest BCUT2D eigenvalue weighted by atomic mass is 32.2. The zero-order valence-electron chi connectivity index (χ0n) is 21.4. The van der Waals surface area contributed by atoms with Crippen LogP contribution in [0.3, 0.4) is 0 Å². The number of hydrogen-bond acceptors (Lipinski definition) is 4. The standard InChI is InChI=1S/C31H32N2O4S/c34-30-26-19-11-10-18-25(26)29-28(30)24-17-9-12-20-27(24)31(35)33(29)22-14-5-3-1-2-4-13-21-32-38(36,37)23-15-7-6-8-16-23/h6-12,15-20,32H,1-5,13-14,21-22H2. The van der Waals surface area contributed by atoms with Crippen LogP contribution < -0.4 is 10.3 Å². The predicted octanol–water partition coefficient (Wildman–Crippen LogP) is 5.92. The maximum atomic E-state index is 13.4. The Hall–Kier alpha value is -3.55. The predicted molar refractivity (Wildman–Crippen MR) is 151 cm³/mol. The van der Waals surface area contributed by atoms with E-state index < -0.39 is 10.0 Å². The van der Waals surface area contributed by atoms with E-state index in [1.165, 1.54) is 0 Å². The van der Waals surface area contributed by atoms with Gasteiger partial charge in [-0.15, -0.1) is 0 Å². The number of ketones is 1. The Kier molecular flexibility index (Phi) is 7.86. The van der Waals surface area contributed by atoms with Gasteiger partial charge in [-0.2, -0.15) is 0 Å². The molecule has 0 bridgehead atoms. The number of rotatable bonds is 12. The smallest absolute Gasteiger partial charge is 0.258 e. The second-order valence-corrected chi connectivity index (χ2v) is 11.6. The van der Waals surface area contributed by atoms with Crippen molar-refractivity contribution in [2.45, 2.75) is 56.4 Å². The molecule has 3 aromatic carbocycles. The third-order valence-electron chi connectivity index (χ3n) is 7.24. The first-order valence-corrected chi connectivity index (χ1v) is 14.8. The van der Waals surface area contributed by atoms with E-state index in [4.69, 9.17) is 0 Å². The molecule has 1 aromatic heterocycles. The van der Waals surface area contributed by atoms with E-state index in [1.807, 2.05) is 48.5 Å². The van der Waals surface area contributed by atoms with Gasteiger partial charge in [0.05, 0.1) is 16.2 Å². The lowest BCUT2D eigenvalue weighted by atomic mass is 10.0. The van der Waals surface area contributed by atoms with Gasteiger partial charge in [0.2, 0.25) is 10.0 Å². The van der Waals surface area contributed by atoms with Crippen LogP contribution in [0.1, 0.15) is 60.9 Å². The van der Waals surface area contributed by atoms with Crippen molar-refractivity contribution in [1.29, 1.82) is 0 Å². The van der Waals surface area contributed by atoms with Gasteiger partial charge >= 0.3 is 0 Å². The first-order chi connectivity index (χ1) is 18.5. The Morgan fingerprint density at radius 2 is 1.21 bits per heavy atom. The lowest BCUT2D eigenvalue weighted by molar-refractivity contribution is 0.104. The number of pyridine rings is 1. The number of nitrogens with zero attached hydrogens (tertiary/aromatic N) is 1. The van der Waals surface area contributed by atoms with Crippen molar-refractivity contribution in [3.05, 3.63) is 100 Å². The van der Waals surface area contributed by atoms with Crippen molar-refractivity contribution in [3.8, 4) is 11.3 Å². The van der Waals surface area contributed by atoms with Gasteiger partial charge in [-0.05, 0) is 31.0 Å². The SMILES string of the molecule is O=C1c2ccccc2-c2c1c1ccccc1c(=O)n2CCCCCCCCCNS(=O)(=O)c1ccccc1. The molecule has 1 N–H and O–H groups in total. The van der Waals surface area contributed by atoms with Crippen LogP contribution in [0.15, 0.2) is 88.6 Å². The van der Waals surface area contributed by atoms with Gasteiger partial charge in [-0.1, -0.05) is 92.8 Å². The van der Waals surface area contributed by atoms with E-state index in [2.05, 4.69) is 4.72 Å². The van der Waals surface area contributed by atoms with Gasteiger partial charge in [0.25, 0.3) is 5.56 Å². The van der Waals surface area contributed by atoms with Crippen molar-refractivity contribution in [1.82, 2.24) is 9.29 Å². The minimum Gasteiger partial charge on any atom is -0.307 e. The fraction of sp³-hybridized carbons (Fsp3) is 0.290. The number of hydrogen-bond donors (Lipinski definition) is 1. The van der Waals surface area contributed by atoms with Gasteiger partial charge in [0.1, 0.15) is 0 Å². The second-order valence-electron chi connectivity index (χ2n) is 9.79. The number of carbonyl (C=O) groups is 1. The number of sulfonamides is 1. The summed E-state index contributed by atoms with van der Waals surface area (Å²) >= 11 is 0. The van der Waals surface area contributed by atoms with E-state index in [0.29, 0.717) is 34.5 Å². The highest BCUT2D eigenvalue weighted by molar-refractivity contribution is 7.89. The van der Waals surface area contributed by atoms with Crippen LogP contribution in [0.25, 0.3) is 22.0 Å². The summed E-state index contributed by atoms with van der Waals surface area (Å²) in [6.07, 6.45) is 6.78. The number of carbonyl (C=O) groups excluding carboxylic acids is 1. The Balaban J connectivity index is 1.13. The molecule has 196 valence electrons. The molecule has 38 heavy (non-hydrogen) atoms. The third kappa shape index (κ3) is 5.22. The number of fused-ring (bicyclic) bond motifs is 5. The van der Waals surface area contributed by atoms with Gasteiger partial charge < -0.3 is 4.57 Å². The zero-order valence-corrected chi connectivity index (χ0v) is 22.2. The summed E-state index contributed by atoms with van der Waals surface area (Å²) in [6, 6.07) is 23.4. The highest BCUT2D eigenvalue weighted by Gasteiger charge is 2.32. The molecule has 1 heterocycles. The van der Waals surface area contributed by atoms with Gasteiger partial charge in [-0.3, -0.25) is 9.59 Å². The third-order valence-corrected chi connectivity index (χ3v) is 8.71. The molecule has 0 atom stereocenters. The van der Waals surface area contributed by atoms with Crippen LogP contribution in [0.5, 0.6) is 0 Å². The van der Waals surface area contributed by atoms with Crippen LogP contribution in [-0.4, -0.2) is 25.3 Å². The summed E-state index contributed by atoms with van der Waals surface area (Å²) < 4.78 is 29.0. The summed E-state index contributed by atoms with van der Waals surface area (Å²) in [6.45, 7) is 1.02. The average molecular weight is 529 g/mol. The van der Waals surface area contributed by atoms with E-state index in [1.54, 1.807) is 34.9 Å². The average Bonchev–Trinajstić information content (AvgIpc) is 3.24. The van der Waals surface area contributed by atoms with Gasteiger partial charge in [-0.25, -0.2) is 13.1 Å². The molecular weight excluding hydrogens is 496 g/mol. The lowest BCUT2D eigenvalue weighted by Gasteiger charge is -2.15. The Morgan fingerprint density at radius 3 is 1.95 bits per heavy atom. The number of unbranched alkanes of at least 4 members (excludes halogenated alkanes) is 6. The van der Waals surface area contributed by atoms with Crippen molar-refractivity contribution < 1.29 is 13.2 Å². The minimum atomic E-state index is -3.43. The number of nitrogens with one attached hydrogen (secondary N) is 1. The summed E-state index contributed by atoms with van der Waals surface area (Å²) in [5.74, 6) is -0.00777. The fourth-order valence-electron chi connectivity index (χ4n) is 5.31. The van der Waals surface area contributed by atoms with Crippen LogP contribution in [-0.2, 0) is 16.6 Å². The Labute approximate surface area is 223 Å². The van der Waals surface area contributed by atoms with E-state index in [0.717, 1.165) is 61.6 Å². The van der Waals surface area contributed by atoms with Gasteiger partial charge in [0, 0.05) is 35.0 Å². The molecule has 0 spiro atoms. The van der Waals surface area contributed by atoms with Crippen molar-refractivity contribution in [2.24, 2.45) is 0 Å². The molecule has 0 fully saturated rings. The molecule has 5 rings (SSSR count). The minimum absolute atomic E-state index is 0.00777. The molecule has 1 aliphatic carbocycles. The topological polar surface area (TPSA) is 85.2 Å². The van der Waals surface area contributed by atoms with Gasteiger partial charge in [0.15, 0.2) is 5.78 Å². The van der Waals surface area contributed by atoms with Crippen LogP contribution in [0.2, 0.25) is 0 Å². The second kappa shape index (κ2) is 11.5. The summed E-state index contributed by atoms with van der Waals surface area (Å²) in [5, 5.41) is 1.33. The number of aromatic nitrogens is 1. The maximum Gasteiger partial charge on any atom is 0.258 e. The van der Waals surface area contributed by atoms with Crippen molar-refractivity contribution >= 4 is 26.6 Å². The molecule has 0 aliphatic heterocycles.